The van der Waals surface area contributed by atoms with Gasteiger partial charge in [-0.1, -0.05) is 29.3 Å². The number of benzene rings is 2. The number of nitrogens with zero attached hydrogens (tertiary/aromatic N) is 2. The fraction of sp³-hybridized carbons (Fsp3) is 0.176. The molecular weight excluding hydrogens is 397 g/mol. The molecule has 0 radical (unpaired) electrons. The summed E-state index contributed by atoms with van der Waals surface area (Å²) in [6.07, 6.45) is 0. The van der Waals surface area contributed by atoms with Gasteiger partial charge in [-0.05, 0) is 24.3 Å². The van der Waals surface area contributed by atoms with Crippen molar-refractivity contribution in [2.45, 2.75) is 0 Å². The molecule has 0 aliphatic heterocycles. The molecule has 0 saturated carbocycles. The highest BCUT2D eigenvalue weighted by Gasteiger charge is 2.16. The van der Waals surface area contributed by atoms with Crippen molar-refractivity contribution >= 4 is 46.4 Å². The van der Waals surface area contributed by atoms with E-state index in [4.69, 9.17) is 27.9 Å². The van der Waals surface area contributed by atoms with Crippen LogP contribution in [0, 0.1) is 10.1 Å². The first kappa shape index (κ1) is 20.5. The number of anilines is 1. The highest BCUT2D eigenvalue weighted by atomic mass is 35.5. The van der Waals surface area contributed by atoms with E-state index >= 15 is 0 Å². The van der Waals surface area contributed by atoms with Crippen LogP contribution >= 0.6 is 23.2 Å². The van der Waals surface area contributed by atoms with Crippen molar-refractivity contribution in [1.82, 2.24) is 4.90 Å². The van der Waals surface area contributed by atoms with E-state index in [0.29, 0.717) is 5.75 Å². The van der Waals surface area contributed by atoms with E-state index in [9.17, 15) is 19.7 Å². The number of carbonyl (C=O) groups is 2. The van der Waals surface area contributed by atoms with E-state index in [2.05, 4.69) is 5.32 Å². The minimum absolute atomic E-state index is 0.0827. The summed E-state index contributed by atoms with van der Waals surface area (Å²) >= 11 is 12.0. The number of carbonyl (C=O) groups excluding carboxylic acids is 2. The molecule has 142 valence electrons. The molecular formula is C17H15Cl2N3O5. The van der Waals surface area contributed by atoms with Gasteiger partial charge in [0.1, 0.15) is 5.75 Å². The van der Waals surface area contributed by atoms with Gasteiger partial charge >= 0.3 is 0 Å². The second-order valence-corrected chi connectivity index (χ2v) is 6.25. The molecule has 8 nitrogen and oxygen atoms in total. The first-order valence-electron chi connectivity index (χ1n) is 7.63. The Morgan fingerprint density at radius 1 is 1.15 bits per heavy atom. The zero-order valence-corrected chi connectivity index (χ0v) is 15.7. The van der Waals surface area contributed by atoms with E-state index in [1.165, 1.54) is 36.2 Å². The van der Waals surface area contributed by atoms with Gasteiger partial charge in [0, 0.05) is 19.2 Å². The predicted molar refractivity (Wildman–Crippen MR) is 101 cm³/mol. The number of nitro groups is 1. The summed E-state index contributed by atoms with van der Waals surface area (Å²) in [5.41, 5.74) is 0.189. The highest BCUT2D eigenvalue weighted by Crippen LogP contribution is 2.29. The number of ether oxygens (including phenoxy) is 1. The van der Waals surface area contributed by atoms with Gasteiger partial charge in [-0.2, -0.15) is 0 Å². The highest BCUT2D eigenvalue weighted by molar-refractivity contribution is 6.39. The first-order valence-corrected chi connectivity index (χ1v) is 8.38. The summed E-state index contributed by atoms with van der Waals surface area (Å²) < 4.78 is 5.27. The molecule has 2 rings (SSSR count). The zero-order chi connectivity index (χ0) is 20.0. The van der Waals surface area contributed by atoms with Crippen molar-refractivity contribution in [1.29, 1.82) is 0 Å². The molecule has 2 aromatic rings. The second-order valence-electron chi connectivity index (χ2n) is 5.43. The van der Waals surface area contributed by atoms with Crippen LogP contribution in [0.2, 0.25) is 10.0 Å². The Balaban J connectivity index is 1.86. The fourth-order valence-corrected chi connectivity index (χ4v) is 2.51. The number of hydrogen-bond acceptors (Lipinski definition) is 5. The van der Waals surface area contributed by atoms with Gasteiger partial charge in [0.15, 0.2) is 6.61 Å². The fourth-order valence-electron chi connectivity index (χ4n) is 2.02. The Kier molecular flexibility index (Phi) is 6.98. The number of nitrogens with one attached hydrogen (secondary N) is 1. The van der Waals surface area contributed by atoms with Crippen molar-refractivity contribution in [2.75, 3.05) is 25.5 Å². The standard InChI is InChI=1S/C17H15Cl2N3O5/c1-21(9-15(23)20-17-13(18)3-2-4-14(17)19)16(24)10-27-12-7-5-11(6-8-12)22(25)26/h2-8H,9-10H2,1H3,(H,20,23). The molecule has 0 spiro atoms. The average Bonchev–Trinajstić information content (AvgIpc) is 2.63. The molecule has 0 aliphatic carbocycles. The van der Waals surface area contributed by atoms with Gasteiger partial charge in [0.05, 0.1) is 27.2 Å². The molecule has 2 aromatic carbocycles. The average molecular weight is 412 g/mol. The molecule has 0 bridgehead atoms. The van der Waals surface area contributed by atoms with Gasteiger partial charge in [-0.25, -0.2) is 0 Å². The van der Waals surface area contributed by atoms with E-state index in [1.807, 2.05) is 0 Å². The van der Waals surface area contributed by atoms with Gasteiger partial charge in [-0.3, -0.25) is 19.7 Å². The van der Waals surface area contributed by atoms with Crippen LogP contribution < -0.4 is 10.1 Å². The number of amides is 2. The summed E-state index contributed by atoms with van der Waals surface area (Å²) in [6, 6.07) is 10.1. The van der Waals surface area contributed by atoms with Gasteiger partial charge in [0.25, 0.3) is 11.6 Å². The van der Waals surface area contributed by atoms with Crippen LogP contribution in [0.15, 0.2) is 42.5 Å². The van der Waals surface area contributed by atoms with Gasteiger partial charge in [-0.15, -0.1) is 0 Å². The van der Waals surface area contributed by atoms with Crippen LogP contribution in [0.3, 0.4) is 0 Å². The third-order valence-electron chi connectivity index (χ3n) is 3.44. The number of para-hydroxylation sites is 1. The van der Waals surface area contributed by atoms with Crippen LogP contribution in [0.4, 0.5) is 11.4 Å². The van der Waals surface area contributed by atoms with E-state index in [-0.39, 0.29) is 34.6 Å². The lowest BCUT2D eigenvalue weighted by Crippen LogP contribution is -2.37. The van der Waals surface area contributed by atoms with Crippen LogP contribution in [0.1, 0.15) is 0 Å². The van der Waals surface area contributed by atoms with Crippen molar-refractivity contribution in [3.05, 3.63) is 62.6 Å². The minimum atomic E-state index is -0.535. The smallest absolute Gasteiger partial charge is 0.269 e. The molecule has 0 atom stereocenters. The Bertz CT molecular complexity index is 838. The monoisotopic (exact) mass is 411 g/mol. The minimum Gasteiger partial charge on any atom is -0.484 e. The quantitative estimate of drug-likeness (QED) is 0.555. The summed E-state index contributed by atoms with van der Waals surface area (Å²) in [5, 5.41) is 13.7. The number of halogens is 2. The van der Waals surface area contributed by atoms with E-state index in [1.54, 1.807) is 18.2 Å². The number of rotatable bonds is 7. The Labute approximate surface area is 164 Å². The first-order chi connectivity index (χ1) is 12.8. The lowest BCUT2D eigenvalue weighted by molar-refractivity contribution is -0.384. The largest absolute Gasteiger partial charge is 0.484 e. The van der Waals surface area contributed by atoms with Crippen molar-refractivity contribution in [2.24, 2.45) is 0 Å². The summed E-state index contributed by atoms with van der Waals surface area (Å²) in [7, 11) is 1.44. The molecule has 0 saturated heterocycles. The predicted octanol–water partition coefficient (Wildman–Crippen LogP) is 3.38. The summed E-state index contributed by atoms with van der Waals surface area (Å²) in [4.78, 5) is 35.4. The molecule has 10 heteroatoms. The summed E-state index contributed by atoms with van der Waals surface area (Å²) in [6.45, 7) is -0.557. The topological polar surface area (TPSA) is 102 Å². The Hall–Kier alpha value is -2.84. The number of nitro benzene ring substituents is 1. The SMILES string of the molecule is CN(CC(=O)Nc1c(Cl)cccc1Cl)C(=O)COc1ccc([N+](=O)[O-])cc1. The molecule has 0 heterocycles. The van der Waals surface area contributed by atoms with Crippen LogP contribution in [0.5, 0.6) is 5.75 Å². The maximum atomic E-state index is 12.1. The normalized spacial score (nSPS) is 10.2. The molecule has 0 unspecified atom stereocenters. The van der Waals surface area contributed by atoms with Crippen molar-refractivity contribution < 1.29 is 19.2 Å². The molecule has 0 aliphatic rings. The van der Waals surface area contributed by atoms with Crippen molar-refractivity contribution in [3.8, 4) is 5.75 Å². The third kappa shape index (κ3) is 5.83. The molecule has 0 fully saturated rings. The summed E-state index contributed by atoms with van der Waals surface area (Å²) in [5.74, 6) is -0.625. The lowest BCUT2D eigenvalue weighted by atomic mass is 10.3. The van der Waals surface area contributed by atoms with Crippen LogP contribution in [-0.4, -0.2) is 41.8 Å². The van der Waals surface area contributed by atoms with Crippen LogP contribution in [0.25, 0.3) is 0 Å². The Morgan fingerprint density at radius 2 is 1.74 bits per heavy atom. The maximum absolute atomic E-state index is 12.1. The molecule has 27 heavy (non-hydrogen) atoms. The number of non-ortho nitro benzene ring substituents is 1. The van der Waals surface area contributed by atoms with E-state index < -0.39 is 16.7 Å². The van der Waals surface area contributed by atoms with Gasteiger partial charge in [0.2, 0.25) is 5.91 Å². The zero-order valence-electron chi connectivity index (χ0n) is 14.1. The third-order valence-corrected chi connectivity index (χ3v) is 4.07. The number of likely N-dealkylation sites (N-methyl/N-ethyl adjacent to an activating group) is 1. The Morgan fingerprint density at radius 3 is 2.30 bits per heavy atom. The molecule has 2 amide bonds. The maximum Gasteiger partial charge on any atom is 0.269 e. The molecule has 1 N–H and O–H groups in total. The van der Waals surface area contributed by atoms with E-state index in [0.717, 1.165) is 0 Å². The second kappa shape index (κ2) is 9.20. The molecule has 0 aromatic heterocycles. The number of hydrogen-bond donors (Lipinski definition) is 1. The van der Waals surface area contributed by atoms with Gasteiger partial charge < -0.3 is 15.0 Å². The van der Waals surface area contributed by atoms with Crippen molar-refractivity contribution in [3.63, 3.8) is 0 Å². The lowest BCUT2D eigenvalue weighted by Gasteiger charge is -2.17. The van der Waals surface area contributed by atoms with Crippen LogP contribution in [-0.2, 0) is 9.59 Å².